The molecule has 0 unspecified atom stereocenters. The van der Waals surface area contributed by atoms with Crippen LogP contribution in [0.4, 0.5) is 0 Å². The molecular weight excluding hydrogens is 220 g/mol. The maximum absolute atomic E-state index is 8.80. The average Bonchev–Trinajstić information content (AvgIpc) is 2.96. The fourth-order valence-electron chi connectivity index (χ4n) is 1.53. The number of nitriles is 1. The van der Waals surface area contributed by atoms with Crippen LogP contribution in [0.3, 0.4) is 0 Å². The number of imidazole rings is 1. The molecule has 0 amide bonds. The first-order valence-corrected chi connectivity index (χ1v) is 5.53. The summed E-state index contributed by atoms with van der Waals surface area (Å²) in [4.78, 5) is 12.6. The summed E-state index contributed by atoms with van der Waals surface area (Å²) in [5, 5.41) is 8.80. The number of aromatic nitrogens is 3. The second-order valence-corrected chi connectivity index (χ2v) is 4.18. The highest BCUT2D eigenvalue weighted by atomic mass is 32.1. The Morgan fingerprint density at radius 3 is 3.06 bits per heavy atom. The van der Waals surface area contributed by atoms with E-state index in [9.17, 15) is 0 Å². The van der Waals surface area contributed by atoms with E-state index in [1.54, 1.807) is 23.8 Å². The topological polar surface area (TPSA) is 65.4 Å². The molecule has 0 bridgehead atoms. The molecular formula is C11H6N4S. The second-order valence-electron chi connectivity index (χ2n) is 3.29. The molecule has 1 N–H and O–H groups in total. The Labute approximate surface area is 95.2 Å². The summed E-state index contributed by atoms with van der Waals surface area (Å²) in [6.45, 7) is 0. The fraction of sp³-hybridized carbons (Fsp3) is 0. The quantitative estimate of drug-likeness (QED) is 0.693. The van der Waals surface area contributed by atoms with Gasteiger partial charge >= 0.3 is 0 Å². The van der Waals surface area contributed by atoms with Gasteiger partial charge in [0.15, 0.2) is 0 Å². The van der Waals surface area contributed by atoms with Crippen LogP contribution in [0.1, 0.15) is 5.56 Å². The van der Waals surface area contributed by atoms with E-state index in [-0.39, 0.29) is 0 Å². The number of benzene rings is 1. The van der Waals surface area contributed by atoms with Crippen molar-refractivity contribution in [2.24, 2.45) is 0 Å². The number of hydrogen-bond donors (Lipinski definition) is 1. The van der Waals surface area contributed by atoms with Crippen LogP contribution >= 0.6 is 11.3 Å². The van der Waals surface area contributed by atoms with Crippen LogP contribution in [0.2, 0.25) is 0 Å². The summed E-state index contributed by atoms with van der Waals surface area (Å²) in [6.07, 6.45) is 1.77. The van der Waals surface area contributed by atoms with Gasteiger partial charge in [0.25, 0.3) is 0 Å². The first-order valence-electron chi connectivity index (χ1n) is 4.65. The number of fused-ring (bicyclic) bond motifs is 1. The number of hydrogen-bond acceptors (Lipinski definition) is 4. The van der Waals surface area contributed by atoms with Crippen LogP contribution in [0.25, 0.3) is 21.7 Å². The predicted octanol–water partition coefficient (Wildman–Crippen LogP) is 2.56. The molecule has 0 atom stereocenters. The van der Waals surface area contributed by atoms with Crippen LogP contribution in [-0.2, 0) is 0 Å². The van der Waals surface area contributed by atoms with Gasteiger partial charge in [-0.25, -0.2) is 4.98 Å². The van der Waals surface area contributed by atoms with Crippen LogP contribution in [0.15, 0.2) is 29.9 Å². The van der Waals surface area contributed by atoms with Crippen LogP contribution in [0, 0.1) is 11.3 Å². The predicted molar refractivity (Wildman–Crippen MR) is 61.9 cm³/mol. The van der Waals surface area contributed by atoms with Crippen molar-refractivity contribution in [3.8, 4) is 16.8 Å². The molecule has 1 aromatic carbocycles. The molecule has 0 aliphatic rings. The summed E-state index contributed by atoms with van der Waals surface area (Å²) < 4.78 is 0. The minimum atomic E-state index is 0.631. The molecule has 0 aliphatic carbocycles. The fourth-order valence-corrected chi connectivity index (χ4v) is 2.09. The van der Waals surface area contributed by atoms with Gasteiger partial charge in [0.1, 0.15) is 5.82 Å². The molecule has 0 spiro atoms. The molecule has 4 nitrogen and oxygen atoms in total. The third kappa shape index (κ3) is 1.36. The van der Waals surface area contributed by atoms with E-state index in [0.717, 1.165) is 21.7 Å². The minimum absolute atomic E-state index is 0.631. The standard InChI is InChI=1S/C11H6N4S/c12-4-7-1-2-8-9(3-7)15-11(14-8)10-5-13-6-16-10/h1-3,5-6H,(H,14,15). The molecule has 0 fully saturated rings. The first-order chi connectivity index (χ1) is 7.86. The first kappa shape index (κ1) is 9.07. The monoisotopic (exact) mass is 226 g/mol. The highest BCUT2D eigenvalue weighted by molar-refractivity contribution is 7.13. The van der Waals surface area contributed by atoms with E-state index in [4.69, 9.17) is 5.26 Å². The summed E-state index contributed by atoms with van der Waals surface area (Å²) in [5.41, 5.74) is 4.14. The van der Waals surface area contributed by atoms with Crippen molar-refractivity contribution in [1.29, 1.82) is 5.26 Å². The van der Waals surface area contributed by atoms with Crippen molar-refractivity contribution in [3.63, 3.8) is 0 Å². The maximum atomic E-state index is 8.80. The van der Waals surface area contributed by atoms with Crippen LogP contribution in [0.5, 0.6) is 0 Å². The van der Waals surface area contributed by atoms with Gasteiger partial charge in [-0.1, -0.05) is 0 Å². The van der Waals surface area contributed by atoms with Crippen molar-refractivity contribution in [1.82, 2.24) is 15.0 Å². The Bertz CT molecular complexity index is 676. The molecule has 2 heterocycles. The number of H-pyrrole nitrogens is 1. The van der Waals surface area contributed by atoms with Gasteiger partial charge < -0.3 is 4.98 Å². The third-order valence-electron chi connectivity index (χ3n) is 2.28. The molecule has 0 aliphatic heterocycles. The van der Waals surface area contributed by atoms with Gasteiger partial charge in [0.2, 0.25) is 0 Å². The molecule has 76 valence electrons. The molecule has 5 heteroatoms. The normalized spacial score (nSPS) is 10.4. The highest BCUT2D eigenvalue weighted by Gasteiger charge is 2.06. The van der Waals surface area contributed by atoms with Crippen molar-refractivity contribution in [2.75, 3.05) is 0 Å². The number of nitrogens with one attached hydrogen (secondary N) is 1. The highest BCUT2D eigenvalue weighted by Crippen LogP contribution is 2.23. The lowest BCUT2D eigenvalue weighted by Gasteiger charge is -1.87. The Hall–Kier alpha value is -2.19. The molecule has 3 rings (SSSR count). The molecule has 2 aromatic heterocycles. The third-order valence-corrected chi connectivity index (χ3v) is 3.06. The Morgan fingerprint density at radius 1 is 1.38 bits per heavy atom. The Balaban J connectivity index is 2.20. The molecule has 16 heavy (non-hydrogen) atoms. The Morgan fingerprint density at radius 2 is 2.31 bits per heavy atom. The molecule has 3 aromatic rings. The number of nitrogens with zero attached hydrogens (tertiary/aromatic N) is 3. The minimum Gasteiger partial charge on any atom is -0.337 e. The van der Waals surface area contributed by atoms with Crippen molar-refractivity contribution >= 4 is 22.4 Å². The van der Waals surface area contributed by atoms with Gasteiger partial charge in [-0.3, -0.25) is 4.98 Å². The average molecular weight is 226 g/mol. The lowest BCUT2D eigenvalue weighted by Crippen LogP contribution is -1.73. The van der Waals surface area contributed by atoms with Crippen LogP contribution in [-0.4, -0.2) is 15.0 Å². The molecule has 0 saturated heterocycles. The van der Waals surface area contributed by atoms with E-state index in [2.05, 4.69) is 21.0 Å². The zero-order chi connectivity index (χ0) is 11.0. The van der Waals surface area contributed by atoms with Gasteiger partial charge in [0.05, 0.1) is 33.1 Å². The number of rotatable bonds is 1. The summed E-state index contributed by atoms with van der Waals surface area (Å²) in [7, 11) is 0. The number of aromatic amines is 1. The van der Waals surface area contributed by atoms with Gasteiger partial charge in [-0.15, -0.1) is 11.3 Å². The van der Waals surface area contributed by atoms with Gasteiger partial charge in [-0.05, 0) is 18.2 Å². The largest absolute Gasteiger partial charge is 0.337 e. The SMILES string of the molecule is N#Cc1ccc2nc(-c3cncs3)[nH]c2c1. The summed E-state index contributed by atoms with van der Waals surface area (Å²) in [5.74, 6) is 0.799. The maximum Gasteiger partial charge on any atom is 0.150 e. The second kappa shape index (κ2) is 3.43. The zero-order valence-electron chi connectivity index (χ0n) is 8.14. The lowest BCUT2D eigenvalue weighted by molar-refractivity contribution is 1.34. The zero-order valence-corrected chi connectivity index (χ0v) is 8.95. The molecule has 0 saturated carbocycles. The van der Waals surface area contributed by atoms with E-state index in [0.29, 0.717) is 5.56 Å². The summed E-state index contributed by atoms with van der Waals surface area (Å²) in [6, 6.07) is 7.51. The summed E-state index contributed by atoms with van der Waals surface area (Å²) >= 11 is 1.53. The van der Waals surface area contributed by atoms with E-state index >= 15 is 0 Å². The van der Waals surface area contributed by atoms with E-state index < -0.39 is 0 Å². The van der Waals surface area contributed by atoms with E-state index in [1.807, 2.05) is 6.07 Å². The van der Waals surface area contributed by atoms with Crippen molar-refractivity contribution in [2.45, 2.75) is 0 Å². The van der Waals surface area contributed by atoms with Gasteiger partial charge in [-0.2, -0.15) is 5.26 Å². The lowest BCUT2D eigenvalue weighted by atomic mass is 10.2. The van der Waals surface area contributed by atoms with Crippen LogP contribution < -0.4 is 0 Å². The number of thiazole rings is 1. The van der Waals surface area contributed by atoms with Crippen molar-refractivity contribution < 1.29 is 0 Å². The Kier molecular flexibility index (Phi) is 1.95. The van der Waals surface area contributed by atoms with Gasteiger partial charge in [0, 0.05) is 6.20 Å². The van der Waals surface area contributed by atoms with E-state index in [1.165, 1.54) is 11.3 Å². The molecule has 0 radical (unpaired) electrons. The smallest absolute Gasteiger partial charge is 0.150 e. The van der Waals surface area contributed by atoms with Crippen molar-refractivity contribution in [3.05, 3.63) is 35.5 Å².